The molecule has 1 amide bonds. The number of anilines is 1. The first-order valence-corrected chi connectivity index (χ1v) is 10.8. The number of nitrogen functional groups attached to an aromatic ring is 1. The molecule has 6 atom stereocenters. The number of ether oxygens (including phenoxy) is 1. The second kappa shape index (κ2) is 8.63. The van der Waals surface area contributed by atoms with E-state index in [4.69, 9.17) is 10.5 Å². The summed E-state index contributed by atoms with van der Waals surface area (Å²) in [6.07, 6.45) is -0.385. The molecule has 0 spiro atoms. The quantitative estimate of drug-likeness (QED) is 0.390. The Bertz CT molecular complexity index is 1080. The molecule has 1 aliphatic heterocycles. The van der Waals surface area contributed by atoms with Gasteiger partial charge < -0.3 is 31.1 Å². The average Bonchev–Trinajstić information content (AvgIpc) is 3.31. The molecule has 3 unspecified atom stereocenters. The number of nitrogens with two attached hydrogens (primary N) is 1. The fourth-order valence-electron chi connectivity index (χ4n) is 4.24. The van der Waals surface area contributed by atoms with Crippen LogP contribution in [0.3, 0.4) is 0 Å². The second-order valence-corrected chi connectivity index (χ2v) is 8.40. The molecule has 11 heteroatoms. The molecule has 32 heavy (non-hydrogen) atoms. The van der Waals surface area contributed by atoms with Crippen molar-refractivity contribution in [2.24, 2.45) is 5.92 Å². The van der Waals surface area contributed by atoms with Gasteiger partial charge in [-0.25, -0.2) is 15.0 Å². The SMILES string of the molecule is CCNC(=O)[C@H]1O[C@@H](n2cnc3c(N)nc(C#CC4(O)CCCCC4C)nc32)C(O)[C@H]1O. The number of hydrogen-bond donors (Lipinski definition) is 5. The molecule has 3 heterocycles. The molecule has 11 nitrogen and oxygen atoms in total. The second-order valence-electron chi connectivity index (χ2n) is 8.40. The number of hydrogen-bond acceptors (Lipinski definition) is 9. The number of aliphatic hydroxyl groups is 3. The van der Waals surface area contributed by atoms with Gasteiger partial charge in [0.2, 0.25) is 5.82 Å². The maximum absolute atomic E-state index is 12.2. The molecule has 1 aliphatic carbocycles. The first kappa shape index (κ1) is 22.4. The minimum Gasteiger partial charge on any atom is -0.387 e. The fourth-order valence-corrected chi connectivity index (χ4v) is 4.24. The molecular weight excluding hydrogens is 416 g/mol. The minimum absolute atomic E-state index is 0.0325. The molecule has 1 saturated heterocycles. The molecule has 6 N–H and O–H groups in total. The zero-order valence-corrected chi connectivity index (χ0v) is 18.0. The van der Waals surface area contributed by atoms with E-state index < -0.39 is 36.0 Å². The molecule has 4 rings (SSSR count). The van der Waals surface area contributed by atoms with E-state index >= 15 is 0 Å². The van der Waals surface area contributed by atoms with Gasteiger partial charge in [-0.3, -0.25) is 9.36 Å². The summed E-state index contributed by atoms with van der Waals surface area (Å²) in [5.41, 5.74) is 5.44. The third kappa shape index (κ3) is 3.91. The summed E-state index contributed by atoms with van der Waals surface area (Å²) in [4.78, 5) is 24.9. The minimum atomic E-state index is -1.43. The first-order valence-electron chi connectivity index (χ1n) is 10.8. The van der Waals surface area contributed by atoms with Crippen molar-refractivity contribution in [3.05, 3.63) is 12.2 Å². The van der Waals surface area contributed by atoms with Crippen LogP contribution in [-0.4, -0.2) is 71.2 Å². The highest BCUT2D eigenvalue weighted by Crippen LogP contribution is 2.34. The van der Waals surface area contributed by atoms with Gasteiger partial charge in [0.1, 0.15) is 23.3 Å². The Kier molecular flexibility index (Phi) is 6.05. The molecule has 1 saturated carbocycles. The number of imidazole rings is 1. The van der Waals surface area contributed by atoms with E-state index in [0.717, 1.165) is 19.3 Å². The number of aliphatic hydroxyl groups excluding tert-OH is 2. The van der Waals surface area contributed by atoms with Crippen molar-refractivity contribution in [1.29, 1.82) is 0 Å². The van der Waals surface area contributed by atoms with Gasteiger partial charge in [0.25, 0.3) is 5.91 Å². The van der Waals surface area contributed by atoms with Crippen LogP contribution in [0.25, 0.3) is 11.2 Å². The van der Waals surface area contributed by atoms with Crippen molar-refractivity contribution in [2.45, 2.75) is 69.7 Å². The van der Waals surface area contributed by atoms with Gasteiger partial charge in [-0.15, -0.1) is 0 Å². The van der Waals surface area contributed by atoms with Crippen molar-refractivity contribution in [1.82, 2.24) is 24.8 Å². The van der Waals surface area contributed by atoms with E-state index in [1.165, 1.54) is 10.9 Å². The summed E-state index contributed by atoms with van der Waals surface area (Å²) >= 11 is 0. The van der Waals surface area contributed by atoms with Gasteiger partial charge in [-0.1, -0.05) is 19.3 Å². The van der Waals surface area contributed by atoms with Crippen molar-refractivity contribution >= 4 is 22.9 Å². The predicted molar refractivity (Wildman–Crippen MR) is 114 cm³/mol. The Labute approximate surface area is 185 Å². The number of carbonyl (C=O) groups is 1. The molecule has 0 aromatic carbocycles. The smallest absolute Gasteiger partial charge is 0.252 e. The van der Waals surface area contributed by atoms with E-state index in [2.05, 4.69) is 32.1 Å². The van der Waals surface area contributed by atoms with Crippen LogP contribution in [0.1, 0.15) is 51.6 Å². The number of likely N-dealkylation sites (N-methyl/N-ethyl adjacent to an activating group) is 1. The van der Waals surface area contributed by atoms with Crippen LogP contribution < -0.4 is 11.1 Å². The number of aromatic nitrogens is 4. The summed E-state index contributed by atoms with van der Waals surface area (Å²) in [5, 5.41) is 34.3. The zero-order chi connectivity index (χ0) is 23.0. The van der Waals surface area contributed by atoms with E-state index in [1.807, 2.05) is 6.92 Å². The molecule has 2 aromatic heterocycles. The Morgan fingerprint density at radius 1 is 1.38 bits per heavy atom. The monoisotopic (exact) mass is 444 g/mol. The molecule has 2 aliphatic rings. The number of nitrogens with zero attached hydrogens (tertiary/aromatic N) is 4. The molecule has 0 radical (unpaired) electrons. The maximum Gasteiger partial charge on any atom is 0.252 e. The highest BCUT2D eigenvalue weighted by atomic mass is 16.6. The number of fused-ring (bicyclic) bond motifs is 1. The normalized spacial score (nSPS) is 32.5. The topological polar surface area (TPSA) is 169 Å². The zero-order valence-electron chi connectivity index (χ0n) is 18.0. The lowest BCUT2D eigenvalue weighted by atomic mass is 9.77. The molecule has 172 valence electrons. The van der Waals surface area contributed by atoms with Crippen molar-refractivity contribution in [3.63, 3.8) is 0 Å². The molecular formula is C21H28N6O5. The van der Waals surface area contributed by atoms with Gasteiger partial charge in [0, 0.05) is 6.54 Å². The van der Waals surface area contributed by atoms with Crippen molar-refractivity contribution < 1.29 is 24.9 Å². The summed E-state index contributed by atoms with van der Waals surface area (Å²) in [5.74, 6) is 5.42. The summed E-state index contributed by atoms with van der Waals surface area (Å²) < 4.78 is 7.04. The summed E-state index contributed by atoms with van der Waals surface area (Å²) in [7, 11) is 0. The van der Waals surface area contributed by atoms with Crippen molar-refractivity contribution in [3.8, 4) is 11.8 Å². The Morgan fingerprint density at radius 2 is 2.16 bits per heavy atom. The van der Waals surface area contributed by atoms with Crippen LogP contribution in [0.2, 0.25) is 0 Å². The summed E-state index contributed by atoms with van der Waals surface area (Å²) in [6, 6.07) is 0. The number of nitrogens with one attached hydrogen (secondary N) is 1. The number of carbonyl (C=O) groups excluding carboxylic acids is 1. The van der Waals surface area contributed by atoms with Gasteiger partial charge in [0.15, 0.2) is 23.8 Å². The molecule has 2 aromatic rings. The Morgan fingerprint density at radius 3 is 2.88 bits per heavy atom. The van der Waals surface area contributed by atoms with Crippen LogP contribution in [0.4, 0.5) is 5.82 Å². The summed E-state index contributed by atoms with van der Waals surface area (Å²) in [6.45, 7) is 4.07. The Hall–Kier alpha value is -2.78. The van der Waals surface area contributed by atoms with Gasteiger partial charge in [-0.2, -0.15) is 0 Å². The Balaban J connectivity index is 1.67. The third-order valence-corrected chi connectivity index (χ3v) is 6.22. The lowest BCUT2D eigenvalue weighted by Gasteiger charge is -2.33. The third-order valence-electron chi connectivity index (χ3n) is 6.22. The fraction of sp³-hybridized carbons (Fsp3) is 0.619. The van der Waals surface area contributed by atoms with Crippen LogP contribution >= 0.6 is 0 Å². The van der Waals surface area contributed by atoms with E-state index in [0.29, 0.717) is 13.0 Å². The average molecular weight is 444 g/mol. The van der Waals surface area contributed by atoms with Gasteiger partial charge in [0.05, 0.1) is 6.33 Å². The predicted octanol–water partition coefficient (Wildman–Crippen LogP) is -0.543. The van der Waals surface area contributed by atoms with Crippen LogP contribution in [0.5, 0.6) is 0 Å². The van der Waals surface area contributed by atoms with E-state index in [-0.39, 0.29) is 28.7 Å². The van der Waals surface area contributed by atoms with Gasteiger partial charge in [-0.05, 0) is 38.0 Å². The lowest BCUT2D eigenvalue weighted by Crippen LogP contribution is -2.42. The molecule has 2 fully saturated rings. The molecule has 0 bridgehead atoms. The van der Waals surface area contributed by atoms with E-state index in [9.17, 15) is 20.1 Å². The largest absolute Gasteiger partial charge is 0.387 e. The van der Waals surface area contributed by atoms with Crippen molar-refractivity contribution in [2.75, 3.05) is 12.3 Å². The highest BCUT2D eigenvalue weighted by Gasteiger charge is 2.47. The van der Waals surface area contributed by atoms with Crippen LogP contribution in [0, 0.1) is 17.8 Å². The number of rotatable bonds is 3. The van der Waals surface area contributed by atoms with Gasteiger partial charge >= 0.3 is 0 Å². The first-order chi connectivity index (χ1) is 15.2. The van der Waals surface area contributed by atoms with Crippen LogP contribution in [-0.2, 0) is 9.53 Å². The number of amides is 1. The lowest BCUT2D eigenvalue weighted by molar-refractivity contribution is -0.137. The standard InChI is InChI=1S/C21H28N6O5/c1-3-23-19(30)16-14(28)15(29)20(32-16)27-10-24-13-17(22)25-12(26-18(13)27)7-9-21(31)8-5-4-6-11(21)2/h10-11,14-16,20,28-29,31H,3-6,8H2,1-2H3,(H,23,30)(H2,22,25,26)/t11?,14-,15?,16+,20-,21?/m1/s1. The van der Waals surface area contributed by atoms with Crippen LogP contribution in [0.15, 0.2) is 6.33 Å². The van der Waals surface area contributed by atoms with E-state index in [1.54, 1.807) is 6.92 Å². The maximum atomic E-state index is 12.2. The highest BCUT2D eigenvalue weighted by molar-refractivity contribution is 5.83.